The van der Waals surface area contributed by atoms with Crippen LogP contribution in [0.2, 0.25) is 0 Å². The number of carbonyl (C=O) groups excluding carboxylic acids is 1. The van der Waals surface area contributed by atoms with Gasteiger partial charge in [0, 0.05) is 6.42 Å². The van der Waals surface area contributed by atoms with Crippen molar-refractivity contribution in [2.24, 2.45) is 5.92 Å². The van der Waals surface area contributed by atoms with Gasteiger partial charge in [-0.15, -0.1) is 0 Å². The normalized spacial score (nSPS) is 11.6. The lowest BCUT2D eigenvalue weighted by Gasteiger charge is -2.06. The van der Waals surface area contributed by atoms with Gasteiger partial charge in [0.05, 0.1) is 6.61 Å². The maximum Gasteiger partial charge on any atom is 0.305 e. The minimum absolute atomic E-state index is 0.00262. The molecule has 0 N–H and O–H groups in total. The number of unbranched alkanes of at least 4 members (excludes halogenated alkanes) is 12. The third kappa shape index (κ3) is 23.2. The van der Waals surface area contributed by atoms with E-state index < -0.39 is 0 Å². The molecule has 0 unspecified atom stereocenters. The van der Waals surface area contributed by atoms with E-state index in [0.29, 0.717) is 13.0 Å². The topological polar surface area (TPSA) is 26.3 Å². The SMILES string of the molecule is CCCCCCCC/C=C\CCCCCCCC(=O)OCCCCC(C)C. The van der Waals surface area contributed by atoms with Crippen LogP contribution in [0.3, 0.4) is 0 Å². The fourth-order valence-corrected chi connectivity index (χ4v) is 3.25. The number of allylic oxidation sites excluding steroid dienone is 2. The molecule has 0 fully saturated rings. The Labute approximate surface area is 170 Å². The molecular weight excluding hydrogens is 332 g/mol. The van der Waals surface area contributed by atoms with Crippen molar-refractivity contribution in [3.05, 3.63) is 12.2 Å². The Kier molecular flexibility index (Phi) is 20.9. The zero-order valence-electron chi connectivity index (χ0n) is 18.8. The van der Waals surface area contributed by atoms with Gasteiger partial charge >= 0.3 is 5.97 Å². The Balaban J connectivity index is 3.21. The molecule has 0 aliphatic rings. The molecule has 0 saturated carbocycles. The lowest BCUT2D eigenvalue weighted by atomic mass is 10.1. The zero-order chi connectivity index (χ0) is 20.0. The third-order valence-corrected chi connectivity index (χ3v) is 5.08. The van der Waals surface area contributed by atoms with Gasteiger partial charge in [0.1, 0.15) is 0 Å². The van der Waals surface area contributed by atoms with Crippen molar-refractivity contribution < 1.29 is 9.53 Å². The number of hydrogen-bond donors (Lipinski definition) is 0. The van der Waals surface area contributed by atoms with Gasteiger partial charge in [-0.25, -0.2) is 0 Å². The van der Waals surface area contributed by atoms with Crippen molar-refractivity contribution in [1.82, 2.24) is 0 Å². The molecule has 0 aromatic carbocycles. The van der Waals surface area contributed by atoms with Gasteiger partial charge in [-0.2, -0.15) is 0 Å². The van der Waals surface area contributed by atoms with Gasteiger partial charge in [0.15, 0.2) is 0 Å². The summed E-state index contributed by atoms with van der Waals surface area (Å²) in [6, 6.07) is 0. The van der Waals surface area contributed by atoms with E-state index in [2.05, 4.69) is 32.9 Å². The first-order valence-corrected chi connectivity index (χ1v) is 12.0. The molecule has 0 aliphatic carbocycles. The van der Waals surface area contributed by atoms with Crippen LogP contribution in [-0.2, 0) is 9.53 Å². The highest BCUT2D eigenvalue weighted by atomic mass is 16.5. The summed E-state index contributed by atoms with van der Waals surface area (Å²) in [5.74, 6) is 0.744. The molecule has 0 aromatic heterocycles. The summed E-state index contributed by atoms with van der Waals surface area (Å²) in [6.45, 7) is 7.35. The van der Waals surface area contributed by atoms with Crippen molar-refractivity contribution in [1.29, 1.82) is 0 Å². The predicted octanol–water partition coefficient (Wildman–Crippen LogP) is 8.39. The second-order valence-electron chi connectivity index (χ2n) is 8.44. The van der Waals surface area contributed by atoms with Crippen LogP contribution in [0.15, 0.2) is 12.2 Å². The summed E-state index contributed by atoms with van der Waals surface area (Å²) in [5.41, 5.74) is 0. The van der Waals surface area contributed by atoms with E-state index in [0.717, 1.165) is 25.2 Å². The van der Waals surface area contributed by atoms with Crippen LogP contribution in [0.5, 0.6) is 0 Å². The maximum absolute atomic E-state index is 11.6. The summed E-state index contributed by atoms with van der Waals surface area (Å²) in [5, 5.41) is 0. The highest BCUT2D eigenvalue weighted by molar-refractivity contribution is 5.69. The van der Waals surface area contributed by atoms with Gasteiger partial charge in [-0.3, -0.25) is 4.79 Å². The molecule has 0 amide bonds. The molecule has 0 saturated heterocycles. The molecule has 0 aliphatic heterocycles. The van der Waals surface area contributed by atoms with Crippen molar-refractivity contribution in [3.63, 3.8) is 0 Å². The van der Waals surface area contributed by atoms with E-state index in [-0.39, 0.29) is 5.97 Å². The Bertz CT molecular complexity index is 333. The Morgan fingerprint density at radius 2 is 1.30 bits per heavy atom. The van der Waals surface area contributed by atoms with Gasteiger partial charge in [0.25, 0.3) is 0 Å². The van der Waals surface area contributed by atoms with Crippen LogP contribution in [-0.4, -0.2) is 12.6 Å². The highest BCUT2D eigenvalue weighted by Crippen LogP contribution is 2.11. The monoisotopic (exact) mass is 380 g/mol. The van der Waals surface area contributed by atoms with E-state index >= 15 is 0 Å². The minimum atomic E-state index is -0.00262. The molecule has 27 heavy (non-hydrogen) atoms. The Hall–Kier alpha value is -0.790. The summed E-state index contributed by atoms with van der Waals surface area (Å²) < 4.78 is 5.29. The van der Waals surface area contributed by atoms with Crippen LogP contribution < -0.4 is 0 Å². The quantitative estimate of drug-likeness (QED) is 0.120. The van der Waals surface area contributed by atoms with Crippen LogP contribution in [0.25, 0.3) is 0 Å². The molecule has 0 aromatic rings. The molecule has 0 rings (SSSR count). The largest absolute Gasteiger partial charge is 0.466 e. The molecule has 2 nitrogen and oxygen atoms in total. The van der Waals surface area contributed by atoms with Crippen LogP contribution in [0.4, 0.5) is 0 Å². The van der Waals surface area contributed by atoms with E-state index in [9.17, 15) is 4.79 Å². The molecule has 0 spiro atoms. The number of carbonyl (C=O) groups is 1. The zero-order valence-corrected chi connectivity index (χ0v) is 18.8. The molecule has 160 valence electrons. The van der Waals surface area contributed by atoms with E-state index in [1.807, 2.05) is 0 Å². The first-order chi connectivity index (χ1) is 13.2. The second-order valence-corrected chi connectivity index (χ2v) is 8.44. The minimum Gasteiger partial charge on any atom is -0.466 e. The number of esters is 1. The smallest absolute Gasteiger partial charge is 0.305 e. The highest BCUT2D eigenvalue weighted by Gasteiger charge is 2.02. The standard InChI is InChI=1S/C25H48O2/c1-4-5-6-7-8-9-10-11-12-13-14-15-16-17-18-22-25(26)27-23-20-19-21-24(2)3/h11-12,24H,4-10,13-23H2,1-3H3/b12-11-. The van der Waals surface area contributed by atoms with Gasteiger partial charge in [0.2, 0.25) is 0 Å². The van der Waals surface area contributed by atoms with Gasteiger partial charge in [-0.1, -0.05) is 90.7 Å². The summed E-state index contributed by atoms with van der Waals surface area (Å²) in [6.07, 6.45) is 25.5. The third-order valence-electron chi connectivity index (χ3n) is 5.08. The van der Waals surface area contributed by atoms with E-state index in [1.165, 1.54) is 83.5 Å². The van der Waals surface area contributed by atoms with E-state index in [4.69, 9.17) is 4.74 Å². The number of hydrogen-bond acceptors (Lipinski definition) is 2. The molecular formula is C25H48O2. The van der Waals surface area contributed by atoms with Crippen LogP contribution >= 0.6 is 0 Å². The Morgan fingerprint density at radius 3 is 1.89 bits per heavy atom. The molecule has 0 radical (unpaired) electrons. The summed E-state index contributed by atoms with van der Waals surface area (Å²) >= 11 is 0. The molecule has 2 heteroatoms. The molecule has 0 bridgehead atoms. The van der Waals surface area contributed by atoms with Crippen molar-refractivity contribution >= 4 is 5.97 Å². The van der Waals surface area contributed by atoms with Crippen LogP contribution in [0, 0.1) is 5.92 Å². The van der Waals surface area contributed by atoms with Crippen molar-refractivity contribution in [2.45, 2.75) is 130 Å². The Morgan fingerprint density at radius 1 is 0.741 bits per heavy atom. The van der Waals surface area contributed by atoms with Gasteiger partial charge in [-0.05, 0) is 50.9 Å². The fourth-order valence-electron chi connectivity index (χ4n) is 3.25. The fraction of sp³-hybridized carbons (Fsp3) is 0.880. The van der Waals surface area contributed by atoms with Crippen molar-refractivity contribution in [3.8, 4) is 0 Å². The van der Waals surface area contributed by atoms with E-state index in [1.54, 1.807) is 0 Å². The lowest BCUT2D eigenvalue weighted by molar-refractivity contribution is -0.143. The first kappa shape index (κ1) is 26.2. The average Bonchev–Trinajstić information content (AvgIpc) is 2.64. The summed E-state index contributed by atoms with van der Waals surface area (Å²) in [7, 11) is 0. The van der Waals surface area contributed by atoms with Gasteiger partial charge < -0.3 is 4.74 Å². The number of ether oxygens (including phenoxy) is 1. The van der Waals surface area contributed by atoms with Crippen molar-refractivity contribution in [2.75, 3.05) is 6.61 Å². The number of rotatable bonds is 20. The molecule has 0 atom stereocenters. The predicted molar refractivity (Wildman–Crippen MR) is 119 cm³/mol. The molecule has 0 heterocycles. The summed E-state index contributed by atoms with van der Waals surface area (Å²) in [4.78, 5) is 11.6. The first-order valence-electron chi connectivity index (χ1n) is 12.0. The second kappa shape index (κ2) is 21.5. The average molecular weight is 381 g/mol. The lowest BCUT2D eigenvalue weighted by Crippen LogP contribution is -2.05. The van der Waals surface area contributed by atoms with Crippen LogP contribution in [0.1, 0.15) is 130 Å². The maximum atomic E-state index is 11.6.